The maximum atomic E-state index is 5.59. The number of nitrogens with one attached hydrogen (secondary N) is 1. The van der Waals surface area contributed by atoms with Crippen molar-refractivity contribution < 1.29 is 4.74 Å². The van der Waals surface area contributed by atoms with E-state index in [9.17, 15) is 0 Å². The topological polar surface area (TPSA) is 21.3 Å². The second-order valence-electron chi connectivity index (χ2n) is 6.95. The first-order chi connectivity index (χ1) is 9.95. The molecule has 2 heteroatoms. The van der Waals surface area contributed by atoms with Crippen molar-refractivity contribution in [1.29, 1.82) is 0 Å². The van der Waals surface area contributed by atoms with Crippen LogP contribution in [-0.2, 0) is 4.74 Å². The fraction of sp³-hybridized carbons (Fsp3) is 1.00. The summed E-state index contributed by atoms with van der Waals surface area (Å²) >= 11 is 0. The van der Waals surface area contributed by atoms with E-state index in [0.29, 0.717) is 0 Å². The number of hydrogen-bond donors (Lipinski definition) is 1. The van der Waals surface area contributed by atoms with Crippen LogP contribution in [0.15, 0.2) is 0 Å². The molecular formula is C18H35NO. The van der Waals surface area contributed by atoms with Crippen molar-refractivity contribution in [3.63, 3.8) is 0 Å². The van der Waals surface area contributed by atoms with Crippen molar-refractivity contribution in [3.8, 4) is 0 Å². The van der Waals surface area contributed by atoms with Crippen LogP contribution in [0, 0.1) is 5.92 Å². The van der Waals surface area contributed by atoms with E-state index >= 15 is 0 Å². The fourth-order valence-corrected chi connectivity index (χ4v) is 3.67. The van der Waals surface area contributed by atoms with Gasteiger partial charge in [0.15, 0.2) is 0 Å². The summed E-state index contributed by atoms with van der Waals surface area (Å²) in [5, 5.41) is 3.86. The molecule has 0 amide bonds. The van der Waals surface area contributed by atoms with Gasteiger partial charge in [0.25, 0.3) is 0 Å². The van der Waals surface area contributed by atoms with Gasteiger partial charge in [-0.05, 0) is 31.6 Å². The summed E-state index contributed by atoms with van der Waals surface area (Å²) in [6.45, 7) is 3.16. The smallest absolute Gasteiger partial charge is 0.0506 e. The van der Waals surface area contributed by atoms with Gasteiger partial charge in [-0.15, -0.1) is 0 Å². The molecular weight excluding hydrogens is 246 g/mol. The van der Waals surface area contributed by atoms with Gasteiger partial charge >= 0.3 is 0 Å². The van der Waals surface area contributed by atoms with Crippen LogP contribution < -0.4 is 5.32 Å². The lowest BCUT2D eigenvalue weighted by Gasteiger charge is -2.26. The second-order valence-corrected chi connectivity index (χ2v) is 6.95. The highest BCUT2D eigenvalue weighted by molar-refractivity contribution is 4.72. The minimum Gasteiger partial charge on any atom is -0.381 e. The van der Waals surface area contributed by atoms with Crippen LogP contribution in [0.4, 0.5) is 0 Å². The van der Waals surface area contributed by atoms with Gasteiger partial charge in [0.05, 0.1) is 6.61 Å². The number of ether oxygens (including phenoxy) is 1. The average molecular weight is 281 g/mol. The second kappa shape index (κ2) is 10.6. The Hall–Kier alpha value is -0.0800. The van der Waals surface area contributed by atoms with E-state index in [0.717, 1.165) is 25.2 Å². The van der Waals surface area contributed by atoms with Gasteiger partial charge in [-0.3, -0.25) is 0 Å². The molecule has 1 N–H and O–H groups in total. The fourth-order valence-electron chi connectivity index (χ4n) is 3.67. The van der Waals surface area contributed by atoms with Gasteiger partial charge in [-0.1, -0.05) is 57.8 Å². The van der Waals surface area contributed by atoms with Crippen LogP contribution in [-0.4, -0.2) is 25.8 Å². The molecule has 2 nitrogen and oxygen atoms in total. The van der Waals surface area contributed by atoms with Gasteiger partial charge in [-0.2, -0.15) is 0 Å². The zero-order valence-corrected chi connectivity index (χ0v) is 13.4. The Morgan fingerprint density at radius 3 is 1.85 bits per heavy atom. The maximum Gasteiger partial charge on any atom is 0.0506 e. The Morgan fingerprint density at radius 1 is 0.700 bits per heavy atom. The molecule has 0 aromatic heterocycles. The molecule has 1 aliphatic heterocycles. The number of hydrogen-bond acceptors (Lipinski definition) is 2. The Balaban J connectivity index is 1.65. The van der Waals surface area contributed by atoms with Gasteiger partial charge in [-0.25, -0.2) is 0 Å². The monoisotopic (exact) mass is 281 g/mol. The van der Waals surface area contributed by atoms with E-state index in [-0.39, 0.29) is 0 Å². The zero-order valence-electron chi connectivity index (χ0n) is 13.4. The predicted molar refractivity (Wildman–Crippen MR) is 86.1 cm³/mol. The minimum absolute atomic E-state index is 0.769. The van der Waals surface area contributed by atoms with Gasteiger partial charge < -0.3 is 10.1 Å². The molecule has 1 aliphatic carbocycles. The SMILES string of the molecule is C1CCCCCC(NCC2CCCOC2)CCCCC1. The first kappa shape index (κ1) is 16.3. The molecule has 0 aromatic rings. The van der Waals surface area contributed by atoms with Crippen LogP contribution in [0.25, 0.3) is 0 Å². The summed E-state index contributed by atoms with van der Waals surface area (Å²) in [6.07, 6.45) is 18.5. The van der Waals surface area contributed by atoms with E-state index in [1.165, 1.54) is 90.0 Å². The molecule has 0 aromatic carbocycles. The molecule has 1 unspecified atom stereocenters. The third-order valence-corrected chi connectivity index (χ3v) is 5.05. The van der Waals surface area contributed by atoms with E-state index in [1.54, 1.807) is 0 Å². The Kier molecular flexibility index (Phi) is 8.65. The third kappa shape index (κ3) is 7.08. The highest BCUT2D eigenvalue weighted by atomic mass is 16.5. The Labute approximate surface area is 126 Å². The predicted octanol–water partition coefficient (Wildman–Crippen LogP) is 4.68. The molecule has 1 atom stereocenters. The van der Waals surface area contributed by atoms with E-state index < -0.39 is 0 Å². The van der Waals surface area contributed by atoms with Crippen molar-refractivity contribution in [2.45, 2.75) is 89.5 Å². The molecule has 2 aliphatic rings. The standard InChI is InChI=1S/C18H35NO/c1-2-4-6-8-12-18(13-9-7-5-3-1)19-15-17-11-10-14-20-16-17/h17-19H,1-16H2. The highest BCUT2D eigenvalue weighted by Crippen LogP contribution is 2.18. The quantitative estimate of drug-likeness (QED) is 0.811. The summed E-state index contributed by atoms with van der Waals surface area (Å²) in [5.41, 5.74) is 0. The average Bonchev–Trinajstić information content (AvgIpc) is 2.48. The molecule has 2 fully saturated rings. The van der Waals surface area contributed by atoms with Crippen molar-refractivity contribution >= 4 is 0 Å². The summed E-state index contributed by atoms with van der Waals surface area (Å²) in [6, 6.07) is 0.774. The van der Waals surface area contributed by atoms with E-state index in [4.69, 9.17) is 4.74 Å². The number of rotatable bonds is 3. The molecule has 1 saturated heterocycles. The highest BCUT2D eigenvalue weighted by Gasteiger charge is 2.16. The van der Waals surface area contributed by atoms with Crippen LogP contribution in [0.3, 0.4) is 0 Å². The van der Waals surface area contributed by atoms with Crippen molar-refractivity contribution in [2.24, 2.45) is 5.92 Å². The molecule has 0 bridgehead atoms. The van der Waals surface area contributed by atoms with Gasteiger partial charge in [0, 0.05) is 19.2 Å². The minimum atomic E-state index is 0.769. The van der Waals surface area contributed by atoms with Crippen LogP contribution in [0.5, 0.6) is 0 Å². The first-order valence-corrected chi connectivity index (χ1v) is 9.26. The van der Waals surface area contributed by atoms with Crippen LogP contribution in [0.1, 0.15) is 83.5 Å². The molecule has 0 spiro atoms. The van der Waals surface area contributed by atoms with Crippen LogP contribution in [0.2, 0.25) is 0 Å². The first-order valence-electron chi connectivity index (χ1n) is 9.26. The summed E-state index contributed by atoms with van der Waals surface area (Å²) in [4.78, 5) is 0. The molecule has 2 rings (SSSR count). The van der Waals surface area contributed by atoms with Crippen molar-refractivity contribution in [3.05, 3.63) is 0 Å². The van der Waals surface area contributed by atoms with E-state index in [2.05, 4.69) is 5.32 Å². The normalized spacial score (nSPS) is 28.5. The molecule has 1 saturated carbocycles. The Morgan fingerprint density at radius 2 is 1.30 bits per heavy atom. The van der Waals surface area contributed by atoms with Gasteiger partial charge in [0.2, 0.25) is 0 Å². The summed E-state index contributed by atoms with van der Waals surface area (Å²) in [5.74, 6) is 0.769. The largest absolute Gasteiger partial charge is 0.381 e. The lowest BCUT2D eigenvalue weighted by atomic mass is 9.96. The molecule has 118 valence electrons. The summed E-state index contributed by atoms with van der Waals surface area (Å²) < 4.78 is 5.59. The summed E-state index contributed by atoms with van der Waals surface area (Å²) in [7, 11) is 0. The molecule has 0 radical (unpaired) electrons. The van der Waals surface area contributed by atoms with Crippen LogP contribution >= 0.6 is 0 Å². The molecule has 20 heavy (non-hydrogen) atoms. The maximum absolute atomic E-state index is 5.59. The lowest BCUT2D eigenvalue weighted by molar-refractivity contribution is 0.0535. The third-order valence-electron chi connectivity index (χ3n) is 5.05. The zero-order chi connectivity index (χ0) is 13.9. The van der Waals surface area contributed by atoms with Crippen molar-refractivity contribution in [1.82, 2.24) is 5.32 Å². The van der Waals surface area contributed by atoms with Gasteiger partial charge in [0.1, 0.15) is 0 Å². The lowest BCUT2D eigenvalue weighted by Crippen LogP contribution is -2.36. The van der Waals surface area contributed by atoms with E-state index in [1.807, 2.05) is 0 Å². The Bertz CT molecular complexity index is 213. The molecule has 1 heterocycles. The van der Waals surface area contributed by atoms with Crippen molar-refractivity contribution in [2.75, 3.05) is 19.8 Å².